The quantitative estimate of drug-likeness (QED) is 0.321. The third-order valence-electron chi connectivity index (χ3n) is 4.55. The van der Waals surface area contributed by atoms with E-state index in [9.17, 15) is 14.9 Å². The van der Waals surface area contributed by atoms with E-state index in [4.69, 9.17) is 0 Å². The predicted octanol–water partition coefficient (Wildman–Crippen LogP) is 5.41. The second-order valence-electron chi connectivity index (χ2n) is 6.83. The van der Waals surface area contributed by atoms with E-state index in [1.54, 1.807) is 46.0 Å². The minimum Gasteiger partial charge on any atom is -0.338 e. The smallest absolute Gasteiger partial charge is 0.270 e. The van der Waals surface area contributed by atoms with Crippen molar-refractivity contribution in [2.45, 2.75) is 29.6 Å². The number of carbonyl (C=O) groups excluding carboxylic acids is 1. The number of nitrogens with one attached hydrogen (secondary N) is 1. The summed E-state index contributed by atoms with van der Waals surface area (Å²) in [6.07, 6.45) is 1.76. The van der Waals surface area contributed by atoms with Gasteiger partial charge in [0.2, 0.25) is 5.91 Å². The molecule has 0 radical (unpaired) electrons. The molecule has 0 bridgehead atoms. The summed E-state index contributed by atoms with van der Waals surface area (Å²) in [6.45, 7) is 4.05. The monoisotopic (exact) mass is 438 g/mol. The summed E-state index contributed by atoms with van der Waals surface area (Å²) in [4.78, 5) is 28.6. The van der Waals surface area contributed by atoms with Crippen LogP contribution in [0.5, 0.6) is 0 Å². The first kappa shape index (κ1) is 20.1. The molecule has 7 nitrogen and oxygen atoms in total. The summed E-state index contributed by atoms with van der Waals surface area (Å²) in [7, 11) is 0. The average Bonchev–Trinajstić information content (AvgIpc) is 3.29. The third kappa shape index (κ3) is 4.37. The van der Waals surface area contributed by atoms with Gasteiger partial charge in [-0.15, -0.1) is 11.3 Å². The molecule has 0 aliphatic heterocycles. The molecule has 2 aromatic heterocycles. The molecular weight excluding hydrogens is 420 g/mol. The van der Waals surface area contributed by atoms with Gasteiger partial charge in [-0.25, -0.2) is 4.98 Å². The number of rotatable bonds is 6. The van der Waals surface area contributed by atoms with E-state index >= 15 is 0 Å². The van der Waals surface area contributed by atoms with Gasteiger partial charge in [0.05, 0.1) is 4.92 Å². The molecule has 0 spiro atoms. The lowest BCUT2D eigenvalue weighted by Gasteiger charge is -2.11. The molecule has 4 aromatic rings. The van der Waals surface area contributed by atoms with Gasteiger partial charge >= 0.3 is 0 Å². The van der Waals surface area contributed by atoms with Gasteiger partial charge in [0.15, 0.2) is 4.34 Å². The summed E-state index contributed by atoms with van der Waals surface area (Å²) >= 11 is 3.21. The first-order valence-electron chi connectivity index (χ1n) is 9.13. The van der Waals surface area contributed by atoms with Crippen molar-refractivity contribution in [1.82, 2.24) is 9.55 Å². The summed E-state index contributed by atoms with van der Waals surface area (Å²) in [5.41, 5.74) is 3.54. The normalized spacial score (nSPS) is 11.0. The van der Waals surface area contributed by atoms with Gasteiger partial charge in [-0.3, -0.25) is 14.9 Å². The Labute approximate surface area is 180 Å². The van der Waals surface area contributed by atoms with E-state index in [-0.39, 0.29) is 18.1 Å². The van der Waals surface area contributed by atoms with Crippen LogP contribution in [0.1, 0.15) is 11.3 Å². The Morgan fingerprint density at radius 3 is 2.77 bits per heavy atom. The Kier molecular flexibility index (Phi) is 5.56. The van der Waals surface area contributed by atoms with E-state index in [2.05, 4.69) is 10.3 Å². The molecule has 1 N–H and O–H groups in total. The number of benzene rings is 2. The number of anilines is 1. The minimum absolute atomic E-state index is 0.0335. The van der Waals surface area contributed by atoms with Crippen molar-refractivity contribution in [1.29, 1.82) is 0 Å². The molecule has 0 fully saturated rings. The fourth-order valence-corrected chi connectivity index (χ4v) is 5.01. The molecule has 0 aliphatic rings. The Bertz CT molecular complexity index is 1260. The Balaban J connectivity index is 1.45. The summed E-state index contributed by atoms with van der Waals surface area (Å²) in [5.74, 6) is -0.162. The van der Waals surface area contributed by atoms with Crippen LogP contribution in [0.25, 0.3) is 10.9 Å². The van der Waals surface area contributed by atoms with Gasteiger partial charge in [0.25, 0.3) is 5.69 Å². The number of fused-ring (bicyclic) bond motifs is 1. The number of aryl methyl sites for hydroxylation is 2. The van der Waals surface area contributed by atoms with Gasteiger partial charge in [-0.05, 0) is 49.7 Å². The molecule has 30 heavy (non-hydrogen) atoms. The molecule has 1 amide bonds. The van der Waals surface area contributed by atoms with Crippen LogP contribution in [0.2, 0.25) is 0 Å². The van der Waals surface area contributed by atoms with Crippen molar-refractivity contribution in [3.05, 3.63) is 75.4 Å². The van der Waals surface area contributed by atoms with Crippen molar-refractivity contribution in [2.75, 3.05) is 5.32 Å². The van der Waals surface area contributed by atoms with E-state index in [1.165, 1.54) is 12.1 Å². The zero-order chi connectivity index (χ0) is 21.3. The summed E-state index contributed by atoms with van der Waals surface area (Å²) in [5, 5.41) is 16.6. The lowest BCUT2D eigenvalue weighted by atomic mass is 10.2. The molecule has 0 saturated heterocycles. The van der Waals surface area contributed by atoms with Gasteiger partial charge in [0, 0.05) is 50.9 Å². The summed E-state index contributed by atoms with van der Waals surface area (Å²) < 4.78 is 2.77. The van der Waals surface area contributed by atoms with Crippen molar-refractivity contribution >= 4 is 51.3 Å². The van der Waals surface area contributed by atoms with Crippen LogP contribution in [-0.2, 0) is 11.3 Å². The maximum Gasteiger partial charge on any atom is 0.270 e. The fraction of sp³-hybridized carbons (Fsp3) is 0.143. The zero-order valence-corrected chi connectivity index (χ0v) is 17.9. The number of nitrogens with zero attached hydrogens (tertiary/aromatic N) is 3. The van der Waals surface area contributed by atoms with Crippen molar-refractivity contribution in [3.63, 3.8) is 0 Å². The van der Waals surface area contributed by atoms with Gasteiger partial charge < -0.3 is 9.88 Å². The Morgan fingerprint density at radius 1 is 1.23 bits per heavy atom. The van der Waals surface area contributed by atoms with Crippen LogP contribution in [-0.4, -0.2) is 20.4 Å². The number of carbonyl (C=O) groups is 1. The number of hydrogen-bond acceptors (Lipinski definition) is 6. The predicted molar refractivity (Wildman–Crippen MR) is 119 cm³/mol. The van der Waals surface area contributed by atoms with Crippen LogP contribution in [0.4, 0.5) is 11.4 Å². The van der Waals surface area contributed by atoms with Gasteiger partial charge in [-0.1, -0.05) is 11.8 Å². The lowest BCUT2D eigenvalue weighted by Crippen LogP contribution is -2.18. The molecule has 2 heterocycles. The SMILES string of the molecule is Cc1csc(Sc2ccc(NC(=O)Cn3ccc4cc([N+](=O)[O-])ccc43)c(C)c2)n1. The lowest BCUT2D eigenvalue weighted by molar-refractivity contribution is -0.384. The number of non-ortho nitro benzene ring substituents is 1. The number of hydrogen-bond donors (Lipinski definition) is 1. The largest absolute Gasteiger partial charge is 0.338 e. The zero-order valence-electron chi connectivity index (χ0n) is 16.3. The van der Waals surface area contributed by atoms with Gasteiger partial charge in [0.1, 0.15) is 6.54 Å². The molecular formula is C21H18N4O3S2. The van der Waals surface area contributed by atoms with Crippen LogP contribution < -0.4 is 5.32 Å². The van der Waals surface area contributed by atoms with E-state index in [1.807, 2.05) is 37.4 Å². The van der Waals surface area contributed by atoms with Gasteiger partial charge in [-0.2, -0.15) is 0 Å². The van der Waals surface area contributed by atoms with Crippen molar-refractivity contribution < 1.29 is 9.72 Å². The number of nitro benzene ring substituents is 1. The van der Waals surface area contributed by atoms with Crippen molar-refractivity contribution in [3.8, 4) is 0 Å². The van der Waals surface area contributed by atoms with Crippen LogP contribution in [0.3, 0.4) is 0 Å². The molecule has 2 aromatic carbocycles. The van der Waals surface area contributed by atoms with Crippen LogP contribution in [0.15, 0.2) is 63.3 Å². The molecule has 0 aliphatic carbocycles. The van der Waals surface area contributed by atoms with Crippen LogP contribution >= 0.6 is 23.1 Å². The molecule has 0 unspecified atom stereocenters. The summed E-state index contributed by atoms with van der Waals surface area (Å²) in [6, 6.07) is 12.3. The second-order valence-corrected chi connectivity index (χ2v) is 9.00. The number of aromatic nitrogens is 2. The number of amides is 1. The molecule has 9 heteroatoms. The Hall–Kier alpha value is -3.17. The first-order valence-corrected chi connectivity index (χ1v) is 10.8. The van der Waals surface area contributed by atoms with E-state index in [0.717, 1.165) is 37.1 Å². The minimum atomic E-state index is -0.427. The first-order chi connectivity index (χ1) is 14.4. The highest BCUT2D eigenvalue weighted by Gasteiger charge is 2.12. The molecule has 152 valence electrons. The van der Waals surface area contributed by atoms with E-state index < -0.39 is 4.92 Å². The topological polar surface area (TPSA) is 90.1 Å². The maximum absolute atomic E-state index is 12.6. The number of nitro groups is 1. The molecule has 0 atom stereocenters. The highest BCUT2D eigenvalue weighted by atomic mass is 32.2. The Morgan fingerprint density at radius 2 is 2.07 bits per heavy atom. The van der Waals surface area contributed by atoms with Crippen LogP contribution in [0, 0.1) is 24.0 Å². The third-order valence-corrected chi connectivity index (χ3v) is 6.60. The second kappa shape index (κ2) is 8.29. The maximum atomic E-state index is 12.6. The molecule has 4 rings (SSSR count). The molecule has 0 saturated carbocycles. The van der Waals surface area contributed by atoms with E-state index in [0.29, 0.717) is 0 Å². The van der Waals surface area contributed by atoms with Crippen molar-refractivity contribution in [2.24, 2.45) is 0 Å². The fourth-order valence-electron chi connectivity index (χ4n) is 3.10. The highest BCUT2D eigenvalue weighted by molar-refractivity contribution is 8.01. The number of thiazole rings is 1. The average molecular weight is 439 g/mol. The standard InChI is InChI=1S/C21H18N4O3S2/c1-13-9-17(30-21-22-14(2)12-29-21)4-5-18(13)23-20(26)11-24-8-7-15-10-16(25(27)28)3-6-19(15)24/h3-10,12H,11H2,1-2H3,(H,23,26). The highest BCUT2D eigenvalue weighted by Crippen LogP contribution is 2.32.